The summed E-state index contributed by atoms with van der Waals surface area (Å²) >= 11 is 5.00. The smallest absolute Gasteiger partial charge is 0.410 e. The number of nitrogens with zero attached hydrogens (tertiary/aromatic N) is 5. The minimum atomic E-state index is -0.493. The summed E-state index contributed by atoms with van der Waals surface area (Å²) in [5, 5.41) is 0.577. The van der Waals surface area contributed by atoms with Gasteiger partial charge in [0.15, 0.2) is 34.0 Å². The number of fused-ring (bicyclic) bond motifs is 2. The number of benzene rings is 1. The van der Waals surface area contributed by atoms with Crippen LogP contribution in [0.3, 0.4) is 0 Å². The van der Waals surface area contributed by atoms with Gasteiger partial charge < -0.3 is 29.4 Å². The van der Waals surface area contributed by atoms with Crippen LogP contribution in [0.1, 0.15) is 33.6 Å². The van der Waals surface area contributed by atoms with Crippen molar-refractivity contribution in [3.8, 4) is 23.0 Å². The lowest BCUT2D eigenvalue weighted by Gasteiger charge is -2.33. The Bertz CT molecular complexity index is 1220. The third-order valence-corrected chi connectivity index (χ3v) is 7.66. The van der Waals surface area contributed by atoms with E-state index in [1.807, 2.05) is 37.5 Å². The summed E-state index contributed by atoms with van der Waals surface area (Å²) in [5.41, 5.74) is 6.22. The van der Waals surface area contributed by atoms with E-state index in [0.717, 1.165) is 28.8 Å². The molecule has 1 aromatic carbocycles. The van der Waals surface area contributed by atoms with Crippen LogP contribution in [0.2, 0.25) is 0 Å². The Morgan fingerprint density at radius 3 is 2.66 bits per heavy atom. The fourth-order valence-corrected chi connectivity index (χ4v) is 5.44. The van der Waals surface area contributed by atoms with E-state index in [0.29, 0.717) is 53.0 Å². The number of hydrogen-bond donors (Lipinski definition) is 1. The molecule has 0 saturated carbocycles. The number of rotatable bonds is 4. The summed E-state index contributed by atoms with van der Waals surface area (Å²) < 4.78 is 19.3. The number of piperidine rings is 1. The van der Waals surface area contributed by atoms with Gasteiger partial charge in [-0.15, -0.1) is 0 Å². The number of nitrogen functional groups attached to an aromatic ring is 1. The minimum absolute atomic E-state index is 0.214. The second-order valence-corrected chi connectivity index (χ2v) is 11.5. The number of likely N-dealkylation sites (tertiary alicyclic amines) is 1. The topological polar surface area (TPSA) is 118 Å². The van der Waals surface area contributed by atoms with Gasteiger partial charge in [-0.25, -0.2) is 19.7 Å². The zero-order chi connectivity index (χ0) is 24.7. The molecule has 4 heterocycles. The number of anilines is 1. The van der Waals surface area contributed by atoms with Crippen LogP contribution < -0.4 is 15.2 Å². The molecule has 0 spiro atoms. The molecule has 1 saturated heterocycles. The number of nitrogens with two attached hydrogens (primary N) is 1. The van der Waals surface area contributed by atoms with Gasteiger partial charge in [-0.05, 0) is 79.4 Å². The summed E-state index contributed by atoms with van der Waals surface area (Å²) in [6.45, 7) is 7.91. The first-order valence-electron chi connectivity index (χ1n) is 11.4. The SMILES string of the molecule is CC(C)(C)OC(=O)N1CCC(Cn2cnc(N)c3nc(Sc4cc5c(cc4Br)OCO5)nc2-3)CC1. The van der Waals surface area contributed by atoms with Crippen molar-refractivity contribution >= 4 is 39.6 Å². The van der Waals surface area contributed by atoms with Crippen molar-refractivity contribution in [1.82, 2.24) is 24.4 Å². The van der Waals surface area contributed by atoms with Crippen LogP contribution in [-0.2, 0) is 11.3 Å². The molecule has 1 fully saturated rings. The quantitative estimate of drug-likeness (QED) is 0.484. The maximum Gasteiger partial charge on any atom is 0.410 e. The van der Waals surface area contributed by atoms with E-state index in [2.05, 4.69) is 25.9 Å². The van der Waals surface area contributed by atoms with Gasteiger partial charge in [-0.2, -0.15) is 0 Å². The predicted molar refractivity (Wildman–Crippen MR) is 134 cm³/mol. The first-order chi connectivity index (χ1) is 16.7. The Balaban J connectivity index is 1.29. The summed E-state index contributed by atoms with van der Waals surface area (Å²) in [4.78, 5) is 28.8. The fourth-order valence-electron chi connectivity index (χ4n) is 4.09. The molecule has 4 aliphatic rings. The molecule has 35 heavy (non-hydrogen) atoms. The number of aromatic nitrogens is 4. The number of hydrogen-bond acceptors (Lipinski definition) is 9. The molecule has 1 amide bonds. The molecule has 0 radical (unpaired) electrons. The van der Waals surface area contributed by atoms with E-state index in [9.17, 15) is 4.79 Å². The first kappa shape index (κ1) is 24.0. The van der Waals surface area contributed by atoms with Crippen molar-refractivity contribution in [3.05, 3.63) is 22.9 Å². The number of ether oxygens (including phenoxy) is 3. The largest absolute Gasteiger partial charge is 0.454 e. The van der Waals surface area contributed by atoms with Crippen LogP contribution in [0.4, 0.5) is 10.6 Å². The van der Waals surface area contributed by atoms with Gasteiger partial charge in [0.25, 0.3) is 0 Å². The highest BCUT2D eigenvalue weighted by molar-refractivity contribution is 9.10. The van der Waals surface area contributed by atoms with Crippen LogP contribution in [0.5, 0.6) is 11.5 Å². The van der Waals surface area contributed by atoms with Crippen molar-refractivity contribution in [2.75, 3.05) is 25.6 Å². The van der Waals surface area contributed by atoms with Gasteiger partial charge in [0.05, 0.1) is 6.33 Å². The average Bonchev–Trinajstić information content (AvgIpc) is 3.42. The van der Waals surface area contributed by atoms with Crippen molar-refractivity contribution < 1.29 is 19.0 Å². The van der Waals surface area contributed by atoms with Crippen molar-refractivity contribution in [3.63, 3.8) is 0 Å². The Labute approximate surface area is 216 Å². The van der Waals surface area contributed by atoms with Crippen LogP contribution in [0.25, 0.3) is 11.5 Å². The van der Waals surface area contributed by atoms with Crippen LogP contribution in [0.15, 0.2) is 33.0 Å². The monoisotopic (exact) mass is 562 g/mol. The Morgan fingerprint density at radius 1 is 1.23 bits per heavy atom. The average molecular weight is 563 g/mol. The molecule has 12 heteroatoms. The zero-order valence-corrected chi connectivity index (χ0v) is 22.2. The number of carbonyl (C=O) groups excluding carboxylic acids is 1. The lowest BCUT2D eigenvalue weighted by Crippen LogP contribution is -2.42. The van der Waals surface area contributed by atoms with E-state index >= 15 is 0 Å². The molecule has 186 valence electrons. The predicted octanol–water partition coefficient (Wildman–Crippen LogP) is 4.65. The zero-order valence-electron chi connectivity index (χ0n) is 19.8. The van der Waals surface area contributed by atoms with Crippen molar-refractivity contribution in [2.24, 2.45) is 5.92 Å². The van der Waals surface area contributed by atoms with Crippen molar-refractivity contribution in [1.29, 1.82) is 0 Å². The summed E-state index contributed by atoms with van der Waals surface area (Å²) in [6.07, 6.45) is 3.21. The molecule has 1 aromatic rings. The lowest BCUT2D eigenvalue weighted by atomic mass is 9.97. The molecular formula is C23H27BrN6O4S. The summed E-state index contributed by atoms with van der Waals surface area (Å²) in [6, 6.07) is 3.79. The van der Waals surface area contributed by atoms with Gasteiger partial charge in [0, 0.05) is 29.0 Å². The maximum atomic E-state index is 12.4. The molecule has 0 aliphatic carbocycles. The molecule has 0 bridgehead atoms. The Morgan fingerprint density at radius 2 is 1.94 bits per heavy atom. The fraction of sp³-hybridized carbons (Fsp3) is 0.478. The molecule has 10 nitrogen and oxygen atoms in total. The van der Waals surface area contributed by atoms with Gasteiger partial charge in [0.1, 0.15) is 5.60 Å². The molecule has 4 aliphatic heterocycles. The van der Waals surface area contributed by atoms with Crippen LogP contribution in [-0.4, -0.2) is 56.0 Å². The second-order valence-electron chi connectivity index (χ2n) is 9.61. The molecule has 0 aromatic heterocycles. The third kappa shape index (κ3) is 5.27. The van der Waals surface area contributed by atoms with Gasteiger partial charge in [-0.3, -0.25) is 0 Å². The van der Waals surface area contributed by atoms with Crippen LogP contribution >= 0.6 is 27.7 Å². The molecule has 2 N–H and O–H groups in total. The molecule has 0 unspecified atom stereocenters. The molecule has 0 atom stereocenters. The highest BCUT2D eigenvalue weighted by Gasteiger charge is 2.28. The second kappa shape index (κ2) is 9.38. The Kier molecular flexibility index (Phi) is 6.43. The first-order valence-corrected chi connectivity index (χ1v) is 13.0. The highest BCUT2D eigenvalue weighted by Crippen LogP contribution is 2.43. The number of carbonyl (C=O) groups is 1. The van der Waals surface area contributed by atoms with E-state index in [4.69, 9.17) is 24.9 Å². The minimum Gasteiger partial charge on any atom is -0.454 e. The normalized spacial score (nSPS) is 16.2. The van der Waals surface area contributed by atoms with Crippen molar-refractivity contribution in [2.45, 2.75) is 55.8 Å². The highest BCUT2D eigenvalue weighted by atomic mass is 79.9. The van der Waals surface area contributed by atoms with E-state index in [1.165, 1.54) is 11.8 Å². The van der Waals surface area contributed by atoms with E-state index < -0.39 is 5.60 Å². The molecular weight excluding hydrogens is 536 g/mol. The van der Waals surface area contributed by atoms with Crippen LogP contribution in [0, 0.1) is 5.92 Å². The number of imidazole rings is 1. The third-order valence-electron chi connectivity index (χ3n) is 5.82. The van der Waals surface area contributed by atoms with E-state index in [1.54, 1.807) is 11.2 Å². The van der Waals surface area contributed by atoms with E-state index in [-0.39, 0.29) is 12.9 Å². The number of amides is 1. The molecule has 5 rings (SSSR count). The van der Waals surface area contributed by atoms with Gasteiger partial charge >= 0.3 is 6.09 Å². The number of halogens is 1. The Hall–Kier alpha value is -2.73. The lowest BCUT2D eigenvalue weighted by molar-refractivity contribution is 0.0178. The maximum absolute atomic E-state index is 12.4. The standard InChI is InChI=1S/C23H27BrN6O4S/c1-23(2,3)34-22(31)29-6-4-13(5-7-29)10-30-11-26-19(25)18-20(30)28-21(27-18)35-17-9-16-15(8-14(17)24)32-12-33-16/h8-9,11,13H,4-7,10,12,25H2,1-3H3. The van der Waals surface area contributed by atoms with Gasteiger partial charge in [0.2, 0.25) is 6.79 Å². The van der Waals surface area contributed by atoms with Gasteiger partial charge in [-0.1, -0.05) is 0 Å². The summed E-state index contributed by atoms with van der Waals surface area (Å²) in [5.74, 6) is 2.83. The summed E-state index contributed by atoms with van der Waals surface area (Å²) in [7, 11) is 0.